The average molecular weight is 352 g/mol. The first kappa shape index (κ1) is 17.4. The molecule has 0 fully saturated rings. The molecule has 0 aliphatic carbocycles. The number of aromatic nitrogens is 1. The van der Waals surface area contributed by atoms with E-state index in [-0.39, 0.29) is 5.82 Å². The zero-order chi connectivity index (χ0) is 15.8. The molecule has 0 amide bonds. The summed E-state index contributed by atoms with van der Waals surface area (Å²) in [5, 5.41) is 0. The molecule has 0 saturated carbocycles. The zero-order valence-electron chi connectivity index (χ0n) is 12.7. The largest absolute Gasteiger partial charge is 0.435 e. The lowest BCUT2D eigenvalue weighted by molar-refractivity contribution is 0.560. The third-order valence-corrected chi connectivity index (χ3v) is 3.13. The van der Waals surface area contributed by atoms with Gasteiger partial charge in [-0.3, -0.25) is 0 Å². The molecule has 0 aliphatic heterocycles. The molecule has 0 saturated heterocycles. The highest BCUT2D eigenvalue weighted by atomic mass is 79.9. The van der Waals surface area contributed by atoms with Gasteiger partial charge in [-0.05, 0) is 54.0 Å². The van der Waals surface area contributed by atoms with Gasteiger partial charge in [-0.2, -0.15) is 0 Å². The Hall–Kier alpha value is -1.68. The fourth-order valence-corrected chi connectivity index (χ4v) is 2.15. The first-order valence-electron chi connectivity index (χ1n) is 6.87. The van der Waals surface area contributed by atoms with Crippen molar-refractivity contribution >= 4 is 21.5 Å². The van der Waals surface area contributed by atoms with E-state index in [2.05, 4.69) is 20.9 Å². The molecule has 0 aliphatic rings. The summed E-state index contributed by atoms with van der Waals surface area (Å²) >= 11 is 3.39. The summed E-state index contributed by atoms with van der Waals surface area (Å²) in [5.41, 5.74) is 1.68. The normalized spacial score (nSPS) is 11.4. The van der Waals surface area contributed by atoms with Crippen LogP contribution >= 0.6 is 15.9 Å². The highest BCUT2D eigenvalue weighted by Gasteiger charge is 2.14. The zero-order valence-corrected chi connectivity index (χ0v) is 14.2. The predicted molar refractivity (Wildman–Crippen MR) is 89.4 cm³/mol. The Morgan fingerprint density at radius 1 is 1.19 bits per heavy atom. The van der Waals surface area contributed by atoms with Crippen LogP contribution in [-0.4, -0.2) is 4.98 Å². The van der Waals surface area contributed by atoms with E-state index in [1.807, 2.05) is 45.9 Å². The molecule has 0 N–H and O–H groups in total. The molecule has 2 rings (SSSR count). The van der Waals surface area contributed by atoms with E-state index < -0.39 is 0 Å². The molecule has 4 heteroatoms. The van der Waals surface area contributed by atoms with Crippen molar-refractivity contribution < 1.29 is 8.81 Å². The van der Waals surface area contributed by atoms with Gasteiger partial charge in [0.15, 0.2) is 10.4 Å². The Bertz CT molecular complexity index is 627. The number of nitrogens with zero attached hydrogens (tertiary/aromatic N) is 1. The minimum absolute atomic E-state index is 0.280. The summed E-state index contributed by atoms with van der Waals surface area (Å²) in [7, 11) is 0. The monoisotopic (exact) mass is 351 g/mol. The van der Waals surface area contributed by atoms with E-state index in [0.717, 1.165) is 11.1 Å². The van der Waals surface area contributed by atoms with Crippen LogP contribution in [0.2, 0.25) is 0 Å². The number of rotatable bonds is 3. The van der Waals surface area contributed by atoms with Crippen molar-refractivity contribution in [3.05, 3.63) is 58.7 Å². The van der Waals surface area contributed by atoms with Crippen molar-refractivity contribution in [2.24, 2.45) is 0 Å². The van der Waals surface area contributed by atoms with Crippen molar-refractivity contribution in [1.29, 1.82) is 0 Å². The van der Waals surface area contributed by atoms with E-state index in [1.165, 1.54) is 12.1 Å². The molecular weight excluding hydrogens is 333 g/mol. The summed E-state index contributed by atoms with van der Waals surface area (Å²) < 4.78 is 19.3. The van der Waals surface area contributed by atoms with Gasteiger partial charge >= 0.3 is 0 Å². The van der Waals surface area contributed by atoms with E-state index in [9.17, 15) is 4.39 Å². The lowest BCUT2D eigenvalue weighted by atomic mass is 10.2. The van der Waals surface area contributed by atoms with Gasteiger partial charge in [0, 0.05) is 11.1 Å². The standard InChI is InChI=1S/C15H13BrFNO.C2H6/c1-3-5-10(4-2)13-14(16)18-15(19-13)11-6-8-12(17)9-7-11;1-2/h3-9H,1-2H3;1-2H3/b5-3-,10-4+;. The molecule has 1 aromatic heterocycles. The van der Waals surface area contributed by atoms with Crippen LogP contribution < -0.4 is 0 Å². The van der Waals surface area contributed by atoms with Crippen molar-refractivity contribution in [3.8, 4) is 11.5 Å². The maximum Gasteiger partial charge on any atom is 0.227 e. The molecule has 1 heterocycles. The van der Waals surface area contributed by atoms with Crippen molar-refractivity contribution in [2.75, 3.05) is 0 Å². The topological polar surface area (TPSA) is 26.0 Å². The molecule has 112 valence electrons. The molecule has 0 bridgehead atoms. The van der Waals surface area contributed by atoms with Crippen molar-refractivity contribution in [3.63, 3.8) is 0 Å². The smallest absolute Gasteiger partial charge is 0.227 e. The summed E-state index contributed by atoms with van der Waals surface area (Å²) in [6.45, 7) is 7.87. The molecule has 2 aromatic rings. The quantitative estimate of drug-likeness (QED) is 0.610. The van der Waals surface area contributed by atoms with Crippen LogP contribution in [-0.2, 0) is 0 Å². The van der Waals surface area contributed by atoms with Gasteiger partial charge < -0.3 is 4.42 Å². The third-order valence-electron chi connectivity index (χ3n) is 2.60. The Balaban J connectivity index is 0.00000106. The number of allylic oxidation sites excluding steroid dienone is 4. The van der Waals surface area contributed by atoms with Crippen LogP contribution in [0, 0.1) is 5.82 Å². The maximum absolute atomic E-state index is 12.9. The molecule has 1 aromatic carbocycles. The molecule has 0 atom stereocenters. The fourth-order valence-electron chi connectivity index (χ4n) is 1.68. The number of halogens is 2. The highest BCUT2D eigenvalue weighted by molar-refractivity contribution is 9.10. The highest BCUT2D eigenvalue weighted by Crippen LogP contribution is 2.30. The van der Waals surface area contributed by atoms with Gasteiger partial charge in [-0.15, -0.1) is 0 Å². The van der Waals surface area contributed by atoms with Crippen LogP contribution in [0.1, 0.15) is 33.5 Å². The van der Waals surface area contributed by atoms with E-state index in [4.69, 9.17) is 4.42 Å². The Morgan fingerprint density at radius 3 is 2.33 bits per heavy atom. The van der Waals surface area contributed by atoms with Gasteiger partial charge in [-0.1, -0.05) is 32.1 Å². The summed E-state index contributed by atoms with van der Waals surface area (Å²) in [6, 6.07) is 6.05. The predicted octanol–water partition coefficient (Wildman–Crippen LogP) is 6.25. The van der Waals surface area contributed by atoms with Crippen molar-refractivity contribution in [2.45, 2.75) is 27.7 Å². The minimum atomic E-state index is -0.280. The second-order valence-electron chi connectivity index (χ2n) is 3.89. The molecular formula is C17H19BrFNO. The van der Waals surface area contributed by atoms with Crippen molar-refractivity contribution in [1.82, 2.24) is 4.98 Å². The van der Waals surface area contributed by atoms with Gasteiger partial charge in [0.25, 0.3) is 0 Å². The summed E-state index contributed by atoms with van der Waals surface area (Å²) in [5.74, 6) is 0.850. The Labute approximate surface area is 133 Å². The van der Waals surface area contributed by atoms with Gasteiger partial charge in [0.1, 0.15) is 5.82 Å². The third kappa shape index (κ3) is 4.39. The van der Waals surface area contributed by atoms with E-state index in [0.29, 0.717) is 16.3 Å². The molecule has 0 spiro atoms. The number of oxazole rings is 1. The summed E-state index contributed by atoms with van der Waals surface area (Å²) in [6.07, 6.45) is 5.82. The molecule has 0 radical (unpaired) electrons. The van der Waals surface area contributed by atoms with Gasteiger partial charge in [-0.25, -0.2) is 9.37 Å². The fraction of sp³-hybridized carbons (Fsp3) is 0.235. The van der Waals surface area contributed by atoms with Crippen LogP contribution in [0.3, 0.4) is 0 Å². The minimum Gasteiger partial charge on any atom is -0.435 e. The second-order valence-corrected chi connectivity index (χ2v) is 4.64. The Morgan fingerprint density at radius 2 is 1.81 bits per heavy atom. The van der Waals surface area contributed by atoms with Crippen LogP contribution in [0.5, 0.6) is 0 Å². The lowest BCUT2D eigenvalue weighted by Gasteiger charge is -1.97. The van der Waals surface area contributed by atoms with E-state index >= 15 is 0 Å². The van der Waals surface area contributed by atoms with Crippen LogP contribution in [0.25, 0.3) is 17.0 Å². The molecule has 21 heavy (non-hydrogen) atoms. The Kier molecular flexibility index (Phi) is 7.09. The first-order valence-corrected chi connectivity index (χ1v) is 7.66. The first-order chi connectivity index (χ1) is 10.2. The van der Waals surface area contributed by atoms with E-state index in [1.54, 1.807) is 12.1 Å². The SMILES string of the molecule is C/C=C\C(=C/C)c1oc(-c2ccc(F)cc2)nc1Br.CC. The summed E-state index contributed by atoms with van der Waals surface area (Å²) in [4.78, 5) is 4.31. The number of hydrogen-bond acceptors (Lipinski definition) is 2. The van der Waals surface area contributed by atoms with Crippen LogP contribution in [0.15, 0.2) is 51.5 Å². The molecule has 0 unspecified atom stereocenters. The van der Waals surface area contributed by atoms with Gasteiger partial charge in [0.2, 0.25) is 5.89 Å². The number of benzene rings is 1. The second kappa shape index (κ2) is 8.57. The van der Waals surface area contributed by atoms with Crippen LogP contribution in [0.4, 0.5) is 4.39 Å². The molecule has 2 nitrogen and oxygen atoms in total. The average Bonchev–Trinajstić information content (AvgIpc) is 2.89. The number of hydrogen-bond donors (Lipinski definition) is 0. The maximum atomic E-state index is 12.9. The van der Waals surface area contributed by atoms with Gasteiger partial charge in [0.05, 0.1) is 0 Å². The lowest BCUT2D eigenvalue weighted by Crippen LogP contribution is -1.78.